The van der Waals surface area contributed by atoms with Gasteiger partial charge in [-0.1, -0.05) is 54.6 Å². The molecule has 7 heteroatoms. The van der Waals surface area contributed by atoms with Crippen molar-refractivity contribution in [3.8, 4) is 0 Å². The lowest BCUT2D eigenvalue weighted by atomic mass is 10.0. The minimum atomic E-state index is -0.332. The van der Waals surface area contributed by atoms with Gasteiger partial charge in [-0.25, -0.2) is 4.98 Å². The van der Waals surface area contributed by atoms with E-state index in [1.807, 2.05) is 54.6 Å². The van der Waals surface area contributed by atoms with Crippen LogP contribution in [0.5, 0.6) is 0 Å². The first kappa shape index (κ1) is 20.8. The Morgan fingerprint density at radius 1 is 0.970 bits per heavy atom. The Kier molecular flexibility index (Phi) is 5.32. The van der Waals surface area contributed by atoms with Crippen LogP contribution in [-0.4, -0.2) is 21.2 Å². The molecule has 0 saturated heterocycles. The Morgan fingerprint density at radius 2 is 1.70 bits per heavy atom. The van der Waals surface area contributed by atoms with Crippen LogP contribution in [0.25, 0.3) is 21.0 Å². The zero-order valence-corrected chi connectivity index (χ0v) is 18.6. The number of anilines is 1. The first-order chi connectivity index (χ1) is 16.0. The van der Waals surface area contributed by atoms with E-state index in [0.717, 1.165) is 10.8 Å². The van der Waals surface area contributed by atoms with Crippen LogP contribution in [0.2, 0.25) is 0 Å². The maximum absolute atomic E-state index is 13.2. The smallest absolute Gasteiger partial charge is 0.266 e. The molecule has 2 aromatic heterocycles. The minimum absolute atomic E-state index is 0.124. The number of carbonyl (C=O) groups excluding carboxylic acids is 2. The third-order valence-corrected chi connectivity index (χ3v) is 6.74. The molecule has 5 rings (SSSR count). The van der Waals surface area contributed by atoms with Crippen molar-refractivity contribution in [2.75, 3.05) is 5.32 Å². The van der Waals surface area contributed by atoms with Gasteiger partial charge < -0.3 is 5.32 Å². The number of benzene rings is 3. The highest BCUT2D eigenvalue weighted by molar-refractivity contribution is 7.20. The van der Waals surface area contributed by atoms with Gasteiger partial charge in [0.2, 0.25) is 0 Å². The second kappa shape index (κ2) is 8.44. The first-order valence-electron chi connectivity index (χ1n) is 10.4. The Labute approximate surface area is 193 Å². The Hall–Kier alpha value is -4.10. The highest BCUT2D eigenvalue weighted by atomic mass is 32.1. The highest BCUT2D eigenvalue weighted by Crippen LogP contribution is 2.27. The number of nitrogens with zero attached hydrogens (tertiary/aromatic N) is 2. The van der Waals surface area contributed by atoms with E-state index in [1.54, 1.807) is 25.1 Å². The summed E-state index contributed by atoms with van der Waals surface area (Å²) in [4.78, 5) is 44.1. The molecule has 1 amide bonds. The van der Waals surface area contributed by atoms with Gasteiger partial charge in [0.1, 0.15) is 4.83 Å². The largest absolute Gasteiger partial charge is 0.321 e. The van der Waals surface area contributed by atoms with Crippen LogP contribution in [0.3, 0.4) is 0 Å². The normalized spacial score (nSPS) is 11.1. The minimum Gasteiger partial charge on any atom is -0.321 e. The molecule has 1 N–H and O–H groups in total. The predicted molar refractivity (Wildman–Crippen MR) is 131 cm³/mol. The second-order valence-electron chi connectivity index (χ2n) is 7.72. The molecule has 3 aromatic carbocycles. The van der Waals surface area contributed by atoms with Gasteiger partial charge in [-0.3, -0.25) is 19.0 Å². The number of Topliss-reactive ketones (excluding diaryl/α,β-unsaturated/α-hetero) is 1. The number of hydrogen-bond acceptors (Lipinski definition) is 5. The van der Waals surface area contributed by atoms with Crippen LogP contribution in [0, 0.1) is 6.92 Å². The average molecular weight is 454 g/mol. The quantitative estimate of drug-likeness (QED) is 0.378. The molecule has 0 saturated carbocycles. The summed E-state index contributed by atoms with van der Waals surface area (Å²) < 4.78 is 1.30. The van der Waals surface area contributed by atoms with Gasteiger partial charge in [0.05, 0.1) is 23.1 Å². The fraction of sp³-hybridized carbons (Fsp3) is 0.0769. The summed E-state index contributed by atoms with van der Waals surface area (Å²) in [5.41, 5.74) is 1.44. The van der Waals surface area contributed by atoms with E-state index in [2.05, 4.69) is 10.3 Å². The summed E-state index contributed by atoms with van der Waals surface area (Å²) in [5, 5.41) is 5.22. The standard InChI is InChI=1S/C26H19N3O3S/c1-16-22-25(33-23(16)24(31)28-20-9-3-2-4-10-20)27-15-29(26(22)32)14-21(30)19-12-11-17-7-5-6-8-18(17)13-19/h2-13,15H,14H2,1H3,(H,28,31). The summed E-state index contributed by atoms with van der Waals surface area (Å²) in [6, 6.07) is 22.4. The van der Waals surface area contributed by atoms with Gasteiger partial charge in [-0.15, -0.1) is 11.3 Å². The van der Waals surface area contributed by atoms with Gasteiger partial charge >= 0.3 is 0 Å². The molecule has 0 atom stereocenters. The zero-order valence-electron chi connectivity index (χ0n) is 17.7. The molecule has 0 aliphatic carbocycles. The molecule has 6 nitrogen and oxygen atoms in total. The monoisotopic (exact) mass is 453 g/mol. The van der Waals surface area contributed by atoms with Crippen molar-refractivity contribution < 1.29 is 9.59 Å². The summed E-state index contributed by atoms with van der Waals surface area (Å²) in [6.45, 7) is 1.61. The van der Waals surface area contributed by atoms with E-state index < -0.39 is 0 Å². The fourth-order valence-electron chi connectivity index (χ4n) is 3.81. The van der Waals surface area contributed by atoms with Gasteiger partial charge in [0.25, 0.3) is 11.5 Å². The van der Waals surface area contributed by atoms with E-state index >= 15 is 0 Å². The highest BCUT2D eigenvalue weighted by Gasteiger charge is 2.20. The number of nitrogens with one attached hydrogen (secondary N) is 1. The Balaban J connectivity index is 1.45. The third kappa shape index (κ3) is 3.94. The predicted octanol–water partition coefficient (Wildman–Crippen LogP) is 5.05. The van der Waals surface area contributed by atoms with E-state index in [4.69, 9.17) is 0 Å². The molecule has 0 unspecified atom stereocenters. The lowest BCUT2D eigenvalue weighted by molar-refractivity contribution is 0.0969. The number of para-hydroxylation sites is 1. The summed E-state index contributed by atoms with van der Waals surface area (Å²) in [7, 11) is 0. The van der Waals surface area contributed by atoms with Gasteiger partial charge in [0.15, 0.2) is 5.78 Å². The van der Waals surface area contributed by atoms with Crippen molar-refractivity contribution in [2.45, 2.75) is 13.5 Å². The lowest BCUT2D eigenvalue weighted by Gasteiger charge is -2.06. The van der Waals surface area contributed by atoms with Crippen LogP contribution < -0.4 is 10.9 Å². The topological polar surface area (TPSA) is 81.1 Å². The fourth-order valence-corrected chi connectivity index (χ4v) is 4.84. The Morgan fingerprint density at radius 3 is 2.48 bits per heavy atom. The molecule has 5 aromatic rings. The van der Waals surface area contributed by atoms with Crippen LogP contribution >= 0.6 is 11.3 Å². The number of fused-ring (bicyclic) bond motifs is 2. The number of amides is 1. The second-order valence-corrected chi connectivity index (χ2v) is 8.72. The number of hydrogen-bond donors (Lipinski definition) is 1. The maximum Gasteiger partial charge on any atom is 0.266 e. The molecular weight excluding hydrogens is 434 g/mol. The summed E-state index contributed by atoms with van der Waals surface area (Å²) in [6.07, 6.45) is 1.37. The van der Waals surface area contributed by atoms with Crippen molar-refractivity contribution >= 4 is 49.7 Å². The molecule has 0 spiro atoms. The SMILES string of the molecule is Cc1c(C(=O)Nc2ccccc2)sc2ncn(CC(=O)c3ccc4ccccc4c3)c(=O)c12. The van der Waals surface area contributed by atoms with E-state index in [-0.39, 0.29) is 23.8 Å². The number of rotatable bonds is 5. The van der Waals surface area contributed by atoms with E-state index in [9.17, 15) is 14.4 Å². The average Bonchev–Trinajstić information content (AvgIpc) is 3.18. The molecule has 0 radical (unpaired) electrons. The zero-order chi connectivity index (χ0) is 22.9. The van der Waals surface area contributed by atoms with Crippen molar-refractivity contribution in [2.24, 2.45) is 0 Å². The Bertz CT molecular complexity index is 1590. The third-order valence-electron chi connectivity index (χ3n) is 5.54. The van der Waals surface area contributed by atoms with Gasteiger partial charge in [-0.2, -0.15) is 0 Å². The molecule has 2 heterocycles. The molecular formula is C26H19N3O3S. The van der Waals surface area contributed by atoms with Crippen molar-refractivity contribution in [3.05, 3.63) is 105 Å². The first-order valence-corrected chi connectivity index (χ1v) is 11.2. The van der Waals surface area contributed by atoms with Crippen molar-refractivity contribution in [1.29, 1.82) is 0 Å². The van der Waals surface area contributed by atoms with Gasteiger partial charge in [0, 0.05) is 11.3 Å². The summed E-state index contributed by atoms with van der Waals surface area (Å²) in [5.74, 6) is -0.473. The van der Waals surface area contributed by atoms with E-state index in [0.29, 0.717) is 31.9 Å². The molecule has 0 bridgehead atoms. The number of carbonyl (C=O) groups is 2. The summed E-state index contributed by atoms with van der Waals surface area (Å²) >= 11 is 1.17. The van der Waals surface area contributed by atoms with Crippen molar-refractivity contribution in [3.63, 3.8) is 0 Å². The molecule has 0 aliphatic rings. The number of ketones is 1. The van der Waals surface area contributed by atoms with Gasteiger partial charge in [-0.05, 0) is 41.5 Å². The lowest BCUT2D eigenvalue weighted by Crippen LogP contribution is -2.24. The van der Waals surface area contributed by atoms with Crippen LogP contribution in [0.4, 0.5) is 5.69 Å². The van der Waals surface area contributed by atoms with Crippen LogP contribution in [0.15, 0.2) is 83.9 Å². The van der Waals surface area contributed by atoms with Crippen LogP contribution in [-0.2, 0) is 6.54 Å². The number of aryl methyl sites for hydroxylation is 1. The van der Waals surface area contributed by atoms with Crippen molar-refractivity contribution in [1.82, 2.24) is 9.55 Å². The van der Waals surface area contributed by atoms with E-state index in [1.165, 1.54) is 22.2 Å². The molecule has 33 heavy (non-hydrogen) atoms. The number of aromatic nitrogens is 2. The van der Waals surface area contributed by atoms with Crippen LogP contribution in [0.1, 0.15) is 25.6 Å². The molecule has 0 aliphatic heterocycles. The number of thiophene rings is 1. The maximum atomic E-state index is 13.2. The molecule has 162 valence electrons. The molecule has 0 fully saturated rings.